The van der Waals surface area contributed by atoms with Crippen molar-refractivity contribution in [3.63, 3.8) is 0 Å². The fourth-order valence-electron chi connectivity index (χ4n) is 10.1. The number of nitrogens with zero attached hydrogens (tertiary/aromatic N) is 8. The van der Waals surface area contributed by atoms with Gasteiger partial charge < -0.3 is 29.1 Å². The summed E-state index contributed by atoms with van der Waals surface area (Å²) < 4.78 is 12.1. The van der Waals surface area contributed by atoms with Crippen LogP contribution in [0, 0.1) is 13.8 Å². The summed E-state index contributed by atoms with van der Waals surface area (Å²) in [7, 11) is 0. The van der Waals surface area contributed by atoms with E-state index >= 15 is 0 Å². The molecule has 2 amide bonds. The van der Waals surface area contributed by atoms with Gasteiger partial charge in [-0.05, 0) is 84.7 Å². The van der Waals surface area contributed by atoms with Crippen molar-refractivity contribution in [2.45, 2.75) is 25.9 Å². The topological polar surface area (TPSA) is 149 Å². The summed E-state index contributed by atoms with van der Waals surface area (Å²) in [4.78, 5) is 42.0. The van der Waals surface area contributed by atoms with Crippen molar-refractivity contribution in [1.82, 2.24) is 40.2 Å². The van der Waals surface area contributed by atoms with Crippen LogP contribution in [-0.4, -0.2) is 117 Å². The Morgan fingerprint density at radius 3 is 1.50 bits per heavy atom. The van der Waals surface area contributed by atoms with Crippen LogP contribution >= 0.6 is 23.2 Å². The lowest BCUT2D eigenvalue weighted by atomic mass is 9.95. The number of amides is 2. The summed E-state index contributed by atoms with van der Waals surface area (Å²) in [5.74, 6) is 1.41. The maximum absolute atomic E-state index is 12.1. The molecule has 0 saturated carbocycles. The molecule has 332 valence electrons. The Morgan fingerprint density at radius 2 is 1.08 bits per heavy atom. The molecule has 4 aromatic heterocycles. The van der Waals surface area contributed by atoms with Gasteiger partial charge in [0, 0.05) is 82.0 Å². The molecule has 2 atom stereocenters. The third-order valence-electron chi connectivity index (χ3n) is 13.4. The monoisotopic (exact) mass is 918 g/mol. The quantitative estimate of drug-likeness (QED) is 0.164. The SMILES string of the molecule is C=CC(=O)N1CCN2c3c(cnc4cc(-c5c(C)ccc6[nH]ncc56)c(Cl)cc34)OC[C@H]2C1.C=CC(=O)N1CCN2c3c(cnc4cc(-c5c(C)ccc6[nH]ncc56)c(Cl)cc34)OC[C@H]2C1. The molecule has 8 aromatic rings. The second kappa shape index (κ2) is 16.4. The van der Waals surface area contributed by atoms with Crippen molar-refractivity contribution in [3.8, 4) is 33.8 Å². The number of H-pyrrole nitrogens is 2. The van der Waals surface area contributed by atoms with Gasteiger partial charge in [-0.25, -0.2) is 0 Å². The maximum Gasteiger partial charge on any atom is 0.246 e. The van der Waals surface area contributed by atoms with Gasteiger partial charge in [0.1, 0.15) is 13.2 Å². The van der Waals surface area contributed by atoms with E-state index in [2.05, 4.69) is 69.3 Å². The van der Waals surface area contributed by atoms with Crippen molar-refractivity contribution in [3.05, 3.63) is 120 Å². The average molecular weight is 920 g/mol. The molecule has 0 spiro atoms. The van der Waals surface area contributed by atoms with Gasteiger partial charge in [0.05, 0.1) is 70.3 Å². The lowest BCUT2D eigenvalue weighted by molar-refractivity contribution is -0.127. The molecule has 4 aliphatic rings. The number of anilines is 2. The number of hydrogen-bond donors (Lipinski definition) is 2. The molecule has 0 radical (unpaired) electrons. The minimum absolute atomic E-state index is 0.0449. The molecule has 2 saturated heterocycles. The summed E-state index contributed by atoms with van der Waals surface area (Å²) >= 11 is 13.8. The highest BCUT2D eigenvalue weighted by atomic mass is 35.5. The van der Waals surface area contributed by atoms with E-state index in [9.17, 15) is 9.59 Å². The lowest BCUT2D eigenvalue weighted by Crippen LogP contribution is -2.58. The highest BCUT2D eigenvalue weighted by Crippen LogP contribution is 2.46. The van der Waals surface area contributed by atoms with Gasteiger partial charge in [0.15, 0.2) is 11.5 Å². The highest BCUT2D eigenvalue weighted by molar-refractivity contribution is 6.35. The van der Waals surface area contributed by atoms with Gasteiger partial charge in [-0.1, -0.05) is 48.5 Å². The van der Waals surface area contributed by atoms with Crippen LogP contribution < -0.4 is 19.3 Å². The van der Waals surface area contributed by atoms with Gasteiger partial charge in [0.2, 0.25) is 11.8 Å². The molecule has 66 heavy (non-hydrogen) atoms. The van der Waals surface area contributed by atoms with E-state index < -0.39 is 0 Å². The second-order valence-electron chi connectivity index (χ2n) is 17.1. The summed E-state index contributed by atoms with van der Waals surface area (Å²) in [6.07, 6.45) is 9.99. The third-order valence-corrected chi connectivity index (χ3v) is 14.0. The number of carbonyl (C=O) groups is 2. The van der Waals surface area contributed by atoms with Crippen LogP contribution in [0.4, 0.5) is 11.4 Å². The number of aryl methyl sites for hydroxylation is 2. The number of rotatable bonds is 4. The molecule has 14 nitrogen and oxygen atoms in total. The van der Waals surface area contributed by atoms with E-state index in [-0.39, 0.29) is 23.9 Å². The number of hydrogen-bond acceptors (Lipinski definition) is 10. The number of benzene rings is 4. The minimum atomic E-state index is -0.0449. The standard InChI is InChI=1S/2C25H22ClN5O2/c2*1-3-23(32)30-6-7-31-15(12-30)13-33-22-11-27-21-9-16(19(26)8-17(21)25(22)31)24-14(2)4-5-20-18(24)10-28-29-20/h2*3-5,8-11,15H,1,6-7,12-13H2,2H3,(H,28,29)/t2*15-/m11/s1. The maximum atomic E-state index is 12.1. The number of pyridine rings is 2. The normalized spacial score (nSPS) is 17.6. The Labute approximate surface area is 389 Å². The first-order valence-corrected chi connectivity index (χ1v) is 22.6. The van der Waals surface area contributed by atoms with E-state index in [1.807, 2.05) is 58.6 Å². The zero-order chi connectivity index (χ0) is 45.4. The molecule has 0 aliphatic carbocycles. The largest absolute Gasteiger partial charge is 0.488 e. The molecule has 16 heteroatoms. The van der Waals surface area contributed by atoms with Crippen LogP contribution in [0.3, 0.4) is 0 Å². The van der Waals surface area contributed by atoms with Crippen molar-refractivity contribution >= 4 is 90.0 Å². The van der Waals surface area contributed by atoms with Crippen molar-refractivity contribution in [2.75, 3.05) is 62.3 Å². The molecule has 2 N–H and O–H groups in total. The van der Waals surface area contributed by atoms with Gasteiger partial charge in [0.25, 0.3) is 0 Å². The van der Waals surface area contributed by atoms with E-state index in [1.54, 1.807) is 12.4 Å². The number of ether oxygens (including phenoxy) is 2. The number of aromatic amines is 2. The second-order valence-corrected chi connectivity index (χ2v) is 17.9. The van der Waals surface area contributed by atoms with E-state index in [0.29, 0.717) is 62.5 Å². The first kappa shape index (κ1) is 41.5. The number of halogens is 2. The Morgan fingerprint density at radius 1 is 0.636 bits per heavy atom. The number of nitrogens with one attached hydrogen (secondary N) is 2. The first-order chi connectivity index (χ1) is 32.1. The van der Waals surface area contributed by atoms with Crippen LogP contribution in [0.15, 0.2) is 98.6 Å². The molecule has 12 rings (SSSR count). The van der Waals surface area contributed by atoms with Gasteiger partial charge >= 0.3 is 0 Å². The van der Waals surface area contributed by atoms with E-state index in [4.69, 9.17) is 42.6 Å². The first-order valence-electron chi connectivity index (χ1n) is 21.8. The summed E-state index contributed by atoms with van der Waals surface area (Å²) in [6, 6.07) is 16.4. The van der Waals surface area contributed by atoms with Gasteiger partial charge in [-0.2, -0.15) is 10.2 Å². The fourth-order valence-corrected chi connectivity index (χ4v) is 10.6. The Balaban J connectivity index is 0.000000146. The summed E-state index contributed by atoms with van der Waals surface area (Å²) in [5, 5.41) is 19.7. The third kappa shape index (κ3) is 6.85. The smallest absolute Gasteiger partial charge is 0.246 e. The van der Waals surface area contributed by atoms with Gasteiger partial charge in [-0.15, -0.1) is 0 Å². The molecule has 2 fully saturated rings. The predicted molar refractivity (Wildman–Crippen MR) is 260 cm³/mol. The van der Waals surface area contributed by atoms with Crippen LogP contribution in [0.5, 0.6) is 11.5 Å². The highest BCUT2D eigenvalue weighted by Gasteiger charge is 2.37. The molecule has 8 heterocycles. The Hall–Kier alpha value is -7.16. The van der Waals surface area contributed by atoms with Crippen LogP contribution in [-0.2, 0) is 9.59 Å². The number of aromatic nitrogens is 6. The number of carbonyl (C=O) groups excluding carboxylic acids is 2. The molecule has 0 unspecified atom stereocenters. The van der Waals surface area contributed by atoms with Crippen molar-refractivity contribution in [1.29, 1.82) is 0 Å². The summed E-state index contributed by atoms with van der Waals surface area (Å²) in [5.41, 5.74) is 11.8. The Kier molecular flexibility index (Phi) is 10.3. The van der Waals surface area contributed by atoms with Crippen LogP contribution in [0.25, 0.3) is 65.9 Å². The van der Waals surface area contributed by atoms with E-state index in [0.717, 1.165) is 99.9 Å². The van der Waals surface area contributed by atoms with Crippen LogP contribution in [0.2, 0.25) is 10.0 Å². The zero-order valence-corrected chi connectivity index (χ0v) is 37.8. The fraction of sp³-hybridized carbons (Fsp3) is 0.240. The predicted octanol–water partition coefficient (Wildman–Crippen LogP) is 8.67. The van der Waals surface area contributed by atoms with Crippen molar-refractivity contribution < 1.29 is 19.1 Å². The average Bonchev–Trinajstić information content (AvgIpc) is 4.03. The van der Waals surface area contributed by atoms with Crippen LogP contribution in [0.1, 0.15) is 11.1 Å². The molecular formula is C50H44Cl2N10O4. The minimum Gasteiger partial charge on any atom is -0.488 e. The molecular weight excluding hydrogens is 876 g/mol. The number of piperazine rings is 2. The molecule has 0 bridgehead atoms. The molecule has 4 aromatic carbocycles. The van der Waals surface area contributed by atoms with E-state index in [1.165, 1.54) is 12.2 Å². The lowest BCUT2D eigenvalue weighted by Gasteiger charge is -2.45. The Bertz CT molecular complexity index is 3110. The van der Waals surface area contributed by atoms with Crippen molar-refractivity contribution in [2.24, 2.45) is 0 Å². The zero-order valence-electron chi connectivity index (χ0n) is 36.3. The summed E-state index contributed by atoms with van der Waals surface area (Å²) in [6.45, 7) is 16.3. The van der Waals surface area contributed by atoms with Gasteiger partial charge in [-0.3, -0.25) is 29.8 Å². The molecule has 4 aliphatic heterocycles. The number of fused-ring (bicyclic) bond motifs is 12.